The van der Waals surface area contributed by atoms with Gasteiger partial charge in [-0.15, -0.1) is 9.78 Å². The molecule has 0 saturated heterocycles. The van der Waals surface area contributed by atoms with Crippen molar-refractivity contribution in [3.05, 3.63) is 18.3 Å². The van der Waals surface area contributed by atoms with Gasteiger partial charge in [0.25, 0.3) is 0 Å². The van der Waals surface area contributed by atoms with Gasteiger partial charge in [0.1, 0.15) is 5.52 Å². The normalized spacial score (nSPS) is 9.73. The molecule has 0 amide bonds. The minimum atomic E-state index is 0.495. The zero-order valence-corrected chi connectivity index (χ0v) is 5.47. The largest absolute Gasteiger partial charge is 0.234 e. The van der Waals surface area contributed by atoms with Crippen molar-refractivity contribution in [3.63, 3.8) is 0 Å². The number of rotatable bonds is 0. The van der Waals surface area contributed by atoms with Gasteiger partial charge in [-0.05, 0) is 17.3 Å². The first-order valence-corrected chi connectivity index (χ1v) is 2.98. The van der Waals surface area contributed by atoms with Crippen molar-refractivity contribution in [2.45, 2.75) is 0 Å². The molecule has 0 N–H and O–H groups in total. The van der Waals surface area contributed by atoms with Crippen LogP contribution in [-0.4, -0.2) is 20.0 Å². The predicted molar refractivity (Wildman–Crippen MR) is 36.3 cm³/mol. The lowest BCUT2D eigenvalue weighted by atomic mass is 10.4. The Morgan fingerprint density at radius 3 is 3.27 bits per heavy atom. The minimum absolute atomic E-state index is 0.495. The summed E-state index contributed by atoms with van der Waals surface area (Å²) in [5, 5.41) is 15.8. The van der Waals surface area contributed by atoms with Crippen molar-refractivity contribution in [1.82, 2.24) is 20.0 Å². The number of nitriles is 1. The van der Waals surface area contributed by atoms with Crippen LogP contribution >= 0.6 is 0 Å². The lowest BCUT2D eigenvalue weighted by Crippen LogP contribution is -1.90. The second-order valence-electron chi connectivity index (χ2n) is 1.95. The molecule has 0 bridgehead atoms. The molecule has 2 rings (SSSR count). The molecule has 0 aliphatic carbocycles. The fraction of sp³-hybridized carbons (Fsp3) is 0. The van der Waals surface area contributed by atoms with Crippen LogP contribution in [-0.2, 0) is 0 Å². The van der Waals surface area contributed by atoms with E-state index in [0.29, 0.717) is 11.2 Å². The van der Waals surface area contributed by atoms with Crippen LogP contribution in [0.1, 0.15) is 0 Å². The van der Waals surface area contributed by atoms with E-state index in [1.165, 1.54) is 0 Å². The third kappa shape index (κ3) is 0.730. The number of pyridine rings is 1. The van der Waals surface area contributed by atoms with Crippen molar-refractivity contribution in [2.24, 2.45) is 0 Å². The third-order valence-electron chi connectivity index (χ3n) is 1.30. The maximum Gasteiger partial charge on any atom is 0.210 e. The lowest BCUT2D eigenvalue weighted by Gasteiger charge is -1.83. The van der Waals surface area contributed by atoms with Gasteiger partial charge < -0.3 is 0 Å². The summed E-state index contributed by atoms with van der Waals surface area (Å²) in [6, 6.07) is 3.50. The Bertz CT molecular complexity index is 424. The summed E-state index contributed by atoms with van der Waals surface area (Å²) in [7, 11) is 0. The minimum Gasteiger partial charge on any atom is -0.234 e. The maximum absolute atomic E-state index is 8.49. The molecule has 0 aliphatic rings. The molecule has 2 aromatic rings. The Balaban J connectivity index is 2.89. The van der Waals surface area contributed by atoms with Crippen molar-refractivity contribution in [3.8, 4) is 6.19 Å². The summed E-state index contributed by atoms with van der Waals surface area (Å²) in [5.74, 6) is 0. The lowest BCUT2D eigenvalue weighted by molar-refractivity contribution is 0.830. The Kier molecular flexibility index (Phi) is 1.07. The molecule has 5 nitrogen and oxygen atoms in total. The quantitative estimate of drug-likeness (QED) is 0.529. The van der Waals surface area contributed by atoms with Gasteiger partial charge in [0, 0.05) is 6.20 Å². The van der Waals surface area contributed by atoms with Crippen LogP contribution in [0.25, 0.3) is 11.2 Å². The van der Waals surface area contributed by atoms with Gasteiger partial charge >= 0.3 is 0 Å². The molecule has 0 aliphatic heterocycles. The smallest absolute Gasteiger partial charge is 0.210 e. The van der Waals surface area contributed by atoms with Crippen molar-refractivity contribution in [2.75, 3.05) is 0 Å². The average Bonchev–Trinajstić information content (AvgIpc) is 2.47. The van der Waals surface area contributed by atoms with E-state index >= 15 is 0 Å². The Morgan fingerprint density at radius 2 is 2.45 bits per heavy atom. The highest BCUT2D eigenvalue weighted by Gasteiger charge is 2.01. The highest BCUT2D eigenvalue weighted by molar-refractivity contribution is 5.69. The van der Waals surface area contributed by atoms with Crippen LogP contribution in [0.15, 0.2) is 18.3 Å². The van der Waals surface area contributed by atoms with Gasteiger partial charge in [0.2, 0.25) is 6.19 Å². The summed E-state index contributed by atoms with van der Waals surface area (Å²) in [6.45, 7) is 0. The molecule has 2 heterocycles. The Labute approximate surface area is 61.9 Å². The third-order valence-corrected chi connectivity index (χ3v) is 1.30. The fourth-order valence-corrected chi connectivity index (χ4v) is 0.832. The number of nitrogens with zero attached hydrogens (tertiary/aromatic N) is 5. The molecule has 0 spiro atoms. The monoisotopic (exact) mass is 145 g/mol. The number of hydrogen-bond acceptors (Lipinski definition) is 4. The van der Waals surface area contributed by atoms with E-state index in [4.69, 9.17) is 5.26 Å². The summed E-state index contributed by atoms with van der Waals surface area (Å²) in [5.41, 5.74) is 1.13. The van der Waals surface area contributed by atoms with Crippen molar-refractivity contribution in [1.29, 1.82) is 5.26 Å². The summed E-state index contributed by atoms with van der Waals surface area (Å²) in [6.07, 6.45) is 3.43. The second kappa shape index (κ2) is 2.02. The van der Waals surface area contributed by atoms with Crippen LogP contribution in [0.4, 0.5) is 0 Å². The van der Waals surface area contributed by atoms with E-state index in [1.807, 2.05) is 6.19 Å². The molecule has 0 radical (unpaired) electrons. The van der Waals surface area contributed by atoms with E-state index < -0.39 is 0 Å². The number of fused-ring (bicyclic) bond motifs is 1. The van der Waals surface area contributed by atoms with Gasteiger partial charge in [-0.1, -0.05) is 0 Å². The summed E-state index contributed by atoms with van der Waals surface area (Å²) >= 11 is 0. The molecule has 52 valence electrons. The molecule has 11 heavy (non-hydrogen) atoms. The first-order chi connectivity index (χ1) is 5.42. The Morgan fingerprint density at radius 1 is 1.55 bits per heavy atom. The van der Waals surface area contributed by atoms with Crippen LogP contribution in [0.2, 0.25) is 0 Å². The molecule has 0 aromatic carbocycles. The fourth-order valence-electron chi connectivity index (χ4n) is 0.832. The SMILES string of the molecule is N#Cn1nnc2cccnc21. The molecular weight excluding hydrogens is 142 g/mol. The van der Waals surface area contributed by atoms with E-state index in [0.717, 1.165) is 4.68 Å². The first kappa shape index (κ1) is 5.80. The van der Waals surface area contributed by atoms with Gasteiger partial charge in [-0.3, -0.25) is 0 Å². The van der Waals surface area contributed by atoms with Crippen LogP contribution in [0.5, 0.6) is 0 Å². The van der Waals surface area contributed by atoms with Gasteiger partial charge in [0.15, 0.2) is 5.65 Å². The topological polar surface area (TPSA) is 67.4 Å². The van der Waals surface area contributed by atoms with Gasteiger partial charge in [0.05, 0.1) is 0 Å². The zero-order valence-electron chi connectivity index (χ0n) is 5.47. The van der Waals surface area contributed by atoms with E-state index in [9.17, 15) is 0 Å². The molecule has 0 unspecified atom stereocenters. The molecule has 0 saturated carbocycles. The highest BCUT2D eigenvalue weighted by Crippen LogP contribution is 2.03. The van der Waals surface area contributed by atoms with E-state index in [1.54, 1.807) is 18.3 Å². The number of hydrogen-bond donors (Lipinski definition) is 0. The molecular formula is C6H3N5. The average molecular weight is 145 g/mol. The van der Waals surface area contributed by atoms with Gasteiger partial charge in [-0.2, -0.15) is 5.26 Å². The van der Waals surface area contributed by atoms with Crippen molar-refractivity contribution >= 4 is 11.2 Å². The van der Waals surface area contributed by atoms with Crippen LogP contribution in [0.3, 0.4) is 0 Å². The highest BCUT2D eigenvalue weighted by atomic mass is 15.4. The van der Waals surface area contributed by atoms with Gasteiger partial charge in [-0.25, -0.2) is 4.98 Å². The zero-order chi connectivity index (χ0) is 7.68. The summed E-state index contributed by atoms with van der Waals surface area (Å²) in [4.78, 5) is 3.93. The predicted octanol–water partition coefficient (Wildman–Crippen LogP) is 0.155. The van der Waals surface area contributed by atoms with E-state index in [2.05, 4.69) is 15.3 Å². The maximum atomic E-state index is 8.49. The molecule has 5 heteroatoms. The van der Waals surface area contributed by atoms with E-state index in [-0.39, 0.29) is 0 Å². The number of aromatic nitrogens is 4. The van der Waals surface area contributed by atoms with Crippen LogP contribution < -0.4 is 0 Å². The summed E-state index contributed by atoms with van der Waals surface area (Å²) < 4.78 is 1.08. The standard InChI is InChI=1S/C6H3N5/c7-4-11-6-5(9-10-11)2-1-3-8-6/h1-3H. The van der Waals surface area contributed by atoms with Crippen LogP contribution in [0, 0.1) is 11.5 Å². The first-order valence-electron chi connectivity index (χ1n) is 2.98. The molecule has 2 aromatic heterocycles. The van der Waals surface area contributed by atoms with Crippen molar-refractivity contribution < 1.29 is 0 Å². The Hall–Kier alpha value is -1.96. The molecule has 0 fully saturated rings. The second-order valence-corrected chi connectivity index (χ2v) is 1.95. The molecule has 0 atom stereocenters.